The number of hydrogen-bond acceptors (Lipinski definition) is 4. The third kappa shape index (κ3) is 2.85. The molecular weight excluding hydrogens is 366 g/mol. The van der Waals surface area contributed by atoms with E-state index >= 15 is 0 Å². The number of para-hydroxylation sites is 1. The molecule has 1 aliphatic carbocycles. The molecule has 3 heterocycles. The van der Waals surface area contributed by atoms with Gasteiger partial charge in [0.1, 0.15) is 0 Å². The molecular formula is C23H25N3O3. The van der Waals surface area contributed by atoms with E-state index in [4.69, 9.17) is 0 Å². The number of rotatable bonds is 3. The smallest absolute Gasteiger partial charge is 0.259 e. The zero-order chi connectivity index (χ0) is 20.0. The van der Waals surface area contributed by atoms with Gasteiger partial charge in [0.2, 0.25) is 5.91 Å². The number of amides is 2. The van der Waals surface area contributed by atoms with Crippen LogP contribution in [0.15, 0.2) is 48.8 Å². The van der Waals surface area contributed by atoms with Crippen molar-refractivity contribution in [1.29, 1.82) is 0 Å². The van der Waals surface area contributed by atoms with Crippen LogP contribution in [0.2, 0.25) is 0 Å². The molecule has 3 atom stereocenters. The highest BCUT2D eigenvalue weighted by Gasteiger charge is 2.56. The van der Waals surface area contributed by atoms with Crippen molar-refractivity contribution >= 4 is 17.5 Å². The number of fused-ring (bicyclic) bond motifs is 3. The van der Waals surface area contributed by atoms with Crippen LogP contribution in [-0.2, 0) is 4.79 Å². The van der Waals surface area contributed by atoms with Crippen LogP contribution in [0.25, 0.3) is 0 Å². The first kappa shape index (κ1) is 18.3. The van der Waals surface area contributed by atoms with Crippen LogP contribution in [0, 0.1) is 5.92 Å². The lowest BCUT2D eigenvalue weighted by Crippen LogP contribution is -2.71. The third-order valence-electron chi connectivity index (χ3n) is 6.80. The largest absolute Gasteiger partial charge is 0.394 e. The first-order chi connectivity index (χ1) is 14.2. The molecule has 6 heteroatoms. The molecule has 150 valence electrons. The zero-order valence-corrected chi connectivity index (χ0v) is 16.3. The van der Waals surface area contributed by atoms with E-state index in [1.54, 1.807) is 29.4 Å². The Hall–Kier alpha value is -2.73. The van der Waals surface area contributed by atoms with Crippen molar-refractivity contribution in [3.63, 3.8) is 0 Å². The number of aliphatic hydroxyl groups excluding tert-OH is 1. The molecule has 2 amide bonds. The summed E-state index contributed by atoms with van der Waals surface area (Å²) in [6.07, 6.45) is 7.28. The van der Waals surface area contributed by atoms with E-state index in [1.807, 2.05) is 29.2 Å². The van der Waals surface area contributed by atoms with Crippen LogP contribution in [0.4, 0.5) is 5.69 Å². The van der Waals surface area contributed by atoms with Crippen molar-refractivity contribution in [2.24, 2.45) is 5.92 Å². The van der Waals surface area contributed by atoms with Gasteiger partial charge in [-0.15, -0.1) is 0 Å². The second-order valence-electron chi connectivity index (χ2n) is 8.29. The minimum absolute atomic E-state index is 0.0511. The molecule has 3 aliphatic rings. The summed E-state index contributed by atoms with van der Waals surface area (Å²) in [5, 5.41) is 10.1. The van der Waals surface area contributed by atoms with Crippen LogP contribution in [0.1, 0.15) is 47.5 Å². The Morgan fingerprint density at radius 3 is 2.62 bits per heavy atom. The first-order valence-electron chi connectivity index (χ1n) is 10.4. The fourth-order valence-corrected chi connectivity index (χ4v) is 5.41. The Kier molecular flexibility index (Phi) is 4.59. The number of anilines is 1. The van der Waals surface area contributed by atoms with E-state index in [0.717, 1.165) is 36.9 Å². The number of likely N-dealkylation sites (tertiary alicyclic amines) is 1. The Bertz CT molecular complexity index is 926. The van der Waals surface area contributed by atoms with Gasteiger partial charge in [-0.1, -0.05) is 31.0 Å². The van der Waals surface area contributed by atoms with Crippen molar-refractivity contribution in [2.45, 2.75) is 43.7 Å². The third-order valence-corrected chi connectivity index (χ3v) is 6.80. The van der Waals surface area contributed by atoms with Crippen LogP contribution < -0.4 is 4.90 Å². The maximum atomic E-state index is 13.3. The molecule has 0 spiro atoms. The van der Waals surface area contributed by atoms with Gasteiger partial charge in [-0.05, 0) is 36.6 Å². The molecule has 1 N–H and O–H groups in total. The summed E-state index contributed by atoms with van der Waals surface area (Å²) < 4.78 is 0. The predicted octanol–water partition coefficient (Wildman–Crippen LogP) is 2.59. The van der Waals surface area contributed by atoms with Crippen molar-refractivity contribution in [2.75, 3.05) is 18.1 Å². The van der Waals surface area contributed by atoms with Crippen LogP contribution >= 0.6 is 0 Å². The zero-order valence-electron chi connectivity index (χ0n) is 16.3. The summed E-state index contributed by atoms with van der Waals surface area (Å²) in [6, 6.07) is 11.1. The van der Waals surface area contributed by atoms with Crippen molar-refractivity contribution in [3.8, 4) is 0 Å². The molecule has 5 rings (SSSR count). The van der Waals surface area contributed by atoms with Gasteiger partial charge in [-0.2, -0.15) is 0 Å². The quantitative estimate of drug-likeness (QED) is 0.873. The van der Waals surface area contributed by atoms with Crippen molar-refractivity contribution in [3.05, 3.63) is 59.9 Å². The number of carbonyl (C=O) groups excluding carboxylic acids is 2. The molecule has 0 radical (unpaired) electrons. The van der Waals surface area contributed by atoms with Crippen LogP contribution in [-0.4, -0.2) is 52.0 Å². The Morgan fingerprint density at radius 1 is 1.10 bits per heavy atom. The number of carbonyl (C=O) groups is 2. The molecule has 29 heavy (non-hydrogen) atoms. The molecule has 1 aromatic heterocycles. The SMILES string of the molecule is O=C(c1cccnc1)N1C[C@@H]2[C@H](c3ccccc31)[C@H](CO)N2C(=O)C1CCCC1. The van der Waals surface area contributed by atoms with Crippen molar-refractivity contribution < 1.29 is 14.7 Å². The van der Waals surface area contributed by atoms with E-state index in [0.29, 0.717) is 12.1 Å². The molecule has 2 fully saturated rings. The lowest BCUT2D eigenvalue weighted by atomic mass is 9.71. The Morgan fingerprint density at radius 2 is 1.90 bits per heavy atom. The summed E-state index contributed by atoms with van der Waals surface area (Å²) in [5.41, 5.74) is 2.44. The monoisotopic (exact) mass is 391 g/mol. The summed E-state index contributed by atoms with van der Waals surface area (Å²) in [5.74, 6) is 0.171. The number of aromatic nitrogens is 1. The normalized spacial score (nSPS) is 25.9. The minimum Gasteiger partial charge on any atom is -0.394 e. The molecule has 0 bridgehead atoms. The maximum Gasteiger partial charge on any atom is 0.259 e. The standard InChI is InChI=1S/C23H25N3O3/c27-14-20-21-17-9-3-4-10-18(17)25(22(28)16-8-5-11-24-12-16)13-19(21)26(20)23(29)15-6-1-2-7-15/h3-5,8-12,15,19-21,27H,1-2,6-7,13-14H2/t19-,20+,21+/m1/s1. The number of hydrogen-bond donors (Lipinski definition) is 1. The maximum absolute atomic E-state index is 13.3. The van der Waals surface area contributed by atoms with E-state index in [2.05, 4.69) is 4.98 Å². The van der Waals surface area contributed by atoms with E-state index < -0.39 is 0 Å². The second-order valence-corrected chi connectivity index (χ2v) is 8.29. The molecule has 6 nitrogen and oxygen atoms in total. The Labute approximate surface area is 170 Å². The van der Waals surface area contributed by atoms with Gasteiger partial charge >= 0.3 is 0 Å². The van der Waals surface area contributed by atoms with Gasteiger partial charge in [0.25, 0.3) is 5.91 Å². The van der Waals surface area contributed by atoms with E-state index in [9.17, 15) is 14.7 Å². The highest BCUT2D eigenvalue weighted by Crippen LogP contribution is 2.49. The van der Waals surface area contributed by atoms with E-state index in [-0.39, 0.29) is 42.3 Å². The summed E-state index contributed by atoms with van der Waals surface area (Å²) in [7, 11) is 0. The molecule has 2 aliphatic heterocycles. The van der Waals surface area contributed by atoms with Crippen LogP contribution in [0.3, 0.4) is 0 Å². The topological polar surface area (TPSA) is 73.7 Å². The van der Waals surface area contributed by atoms with Gasteiger partial charge < -0.3 is 14.9 Å². The van der Waals surface area contributed by atoms with Gasteiger partial charge in [0, 0.05) is 36.5 Å². The predicted molar refractivity (Wildman–Crippen MR) is 109 cm³/mol. The highest BCUT2D eigenvalue weighted by atomic mass is 16.3. The van der Waals surface area contributed by atoms with E-state index in [1.165, 1.54) is 0 Å². The van der Waals surface area contributed by atoms with Gasteiger partial charge in [0.15, 0.2) is 0 Å². The minimum atomic E-state index is -0.204. The average Bonchev–Trinajstić information content (AvgIpc) is 3.29. The summed E-state index contributed by atoms with van der Waals surface area (Å²) in [4.78, 5) is 34.2. The molecule has 2 aromatic rings. The second kappa shape index (κ2) is 7.26. The van der Waals surface area contributed by atoms with Gasteiger partial charge in [-0.3, -0.25) is 14.6 Å². The number of benzene rings is 1. The molecule has 1 saturated carbocycles. The lowest BCUT2D eigenvalue weighted by Gasteiger charge is -2.59. The first-order valence-corrected chi connectivity index (χ1v) is 10.4. The fourth-order valence-electron chi connectivity index (χ4n) is 5.41. The fraction of sp³-hybridized carbons (Fsp3) is 0.435. The molecule has 0 unspecified atom stereocenters. The number of nitrogens with zero attached hydrogens (tertiary/aromatic N) is 3. The molecule has 1 saturated heterocycles. The van der Waals surface area contributed by atoms with Crippen LogP contribution in [0.5, 0.6) is 0 Å². The summed E-state index contributed by atoms with van der Waals surface area (Å²) >= 11 is 0. The number of aliphatic hydroxyl groups is 1. The van der Waals surface area contributed by atoms with Gasteiger partial charge in [0.05, 0.1) is 24.3 Å². The lowest BCUT2D eigenvalue weighted by molar-refractivity contribution is -0.154. The Balaban J connectivity index is 1.50. The summed E-state index contributed by atoms with van der Waals surface area (Å²) in [6.45, 7) is 0.398. The number of pyridine rings is 1. The van der Waals surface area contributed by atoms with Gasteiger partial charge in [-0.25, -0.2) is 0 Å². The highest BCUT2D eigenvalue weighted by molar-refractivity contribution is 6.07. The van der Waals surface area contributed by atoms with Crippen molar-refractivity contribution in [1.82, 2.24) is 9.88 Å². The average molecular weight is 391 g/mol. The molecule has 1 aromatic carbocycles.